The minimum atomic E-state index is -0.664. The molecule has 3 N–H and O–H groups in total. The second-order valence-electron chi connectivity index (χ2n) is 6.89. The molecule has 3 nitrogen and oxygen atoms in total. The lowest BCUT2D eigenvalue weighted by Crippen LogP contribution is -2.42. The van der Waals surface area contributed by atoms with Gasteiger partial charge < -0.3 is 11.1 Å². The maximum atomic E-state index is 14.0. The van der Waals surface area contributed by atoms with Gasteiger partial charge >= 0.3 is 11.7 Å². The number of fused-ring (bicyclic) bond motifs is 1. The van der Waals surface area contributed by atoms with E-state index in [0.29, 0.717) is 11.7 Å². The second-order valence-corrected chi connectivity index (χ2v) is 8.07. The summed E-state index contributed by atoms with van der Waals surface area (Å²) in [6.07, 6.45) is 2.85. The highest BCUT2D eigenvalue weighted by molar-refractivity contribution is 7.66. The molecule has 1 fully saturated rings. The molecule has 2 aliphatic rings. The van der Waals surface area contributed by atoms with E-state index in [1.807, 2.05) is 13.8 Å². The standard InChI is InChI=1S/C16H22FN2OS/c1-15(2,21-20)12-8-11(17)7-10-9-16(14(18)13(10)12)3-5-19-6-4-16/h7-8,14,19H,3-6,9,18H2,1-2H3/q+1/t14-/m1/s1. The molecule has 0 bridgehead atoms. The van der Waals surface area contributed by atoms with Crippen LogP contribution in [0.4, 0.5) is 4.39 Å². The summed E-state index contributed by atoms with van der Waals surface area (Å²) in [6, 6.07) is 3.02. The number of piperidine rings is 1. The predicted octanol–water partition coefficient (Wildman–Crippen LogP) is 2.41. The zero-order valence-electron chi connectivity index (χ0n) is 12.5. The number of nitrogens with one attached hydrogen (secondary N) is 1. The lowest BCUT2D eigenvalue weighted by atomic mass is 9.73. The highest BCUT2D eigenvalue weighted by Gasteiger charge is 2.49. The van der Waals surface area contributed by atoms with Gasteiger partial charge in [0.25, 0.3) is 4.75 Å². The van der Waals surface area contributed by atoms with Gasteiger partial charge in [-0.2, -0.15) is 0 Å². The van der Waals surface area contributed by atoms with E-state index in [-0.39, 0.29) is 17.3 Å². The van der Waals surface area contributed by atoms with Crippen molar-refractivity contribution in [1.82, 2.24) is 5.32 Å². The summed E-state index contributed by atoms with van der Waals surface area (Å²) in [5.74, 6) is -0.260. The monoisotopic (exact) mass is 309 g/mol. The first kappa shape index (κ1) is 15.0. The number of benzene rings is 1. The molecule has 5 heteroatoms. The Morgan fingerprint density at radius 1 is 1.38 bits per heavy atom. The summed E-state index contributed by atoms with van der Waals surface area (Å²) in [7, 11) is 0. The minimum absolute atomic E-state index is 0.0275. The van der Waals surface area contributed by atoms with Gasteiger partial charge in [0.15, 0.2) is 0 Å². The first-order valence-electron chi connectivity index (χ1n) is 7.50. The average molecular weight is 309 g/mol. The summed E-state index contributed by atoms with van der Waals surface area (Å²) in [5.41, 5.74) is 9.42. The Labute approximate surface area is 129 Å². The maximum absolute atomic E-state index is 14.0. The molecule has 21 heavy (non-hydrogen) atoms. The normalized spacial score (nSPS) is 24.1. The van der Waals surface area contributed by atoms with Crippen molar-refractivity contribution in [2.45, 2.75) is 43.9 Å². The molecule has 0 radical (unpaired) electrons. The molecule has 1 aliphatic carbocycles. The molecule has 1 heterocycles. The minimum Gasteiger partial charge on any atom is -0.323 e. The molecule has 1 spiro atoms. The van der Waals surface area contributed by atoms with Crippen LogP contribution in [0.2, 0.25) is 0 Å². The van der Waals surface area contributed by atoms with E-state index in [0.717, 1.165) is 49.0 Å². The molecule has 0 saturated carbocycles. The molecule has 0 amide bonds. The Morgan fingerprint density at radius 2 is 2.05 bits per heavy atom. The van der Waals surface area contributed by atoms with Crippen LogP contribution in [0.5, 0.6) is 0 Å². The van der Waals surface area contributed by atoms with Gasteiger partial charge in [0, 0.05) is 29.7 Å². The summed E-state index contributed by atoms with van der Waals surface area (Å²) >= 11 is 0.507. The van der Waals surface area contributed by atoms with Crippen molar-refractivity contribution in [3.05, 3.63) is 34.6 Å². The number of rotatable bonds is 2. The lowest BCUT2D eigenvalue weighted by Gasteiger charge is -2.38. The fourth-order valence-electron chi connectivity index (χ4n) is 3.94. The Morgan fingerprint density at radius 3 is 2.67 bits per heavy atom. The van der Waals surface area contributed by atoms with Crippen molar-refractivity contribution in [2.75, 3.05) is 13.1 Å². The highest BCUT2D eigenvalue weighted by Crippen LogP contribution is 2.52. The van der Waals surface area contributed by atoms with E-state index in [1.165, 1.54) is 6.07 Å². The van der Waals surface area contributed by atoms with E-state index >= 15 is 0 Å². The molecule has 1 saturated heterocycles. The molecule has 1 aliphatic heterocycles. The quantitative estimate of drug-likeness (QED) is 0.825. The SMILES string of the molecule is CC(C)([S+]=O)c1cc(F)cc2c1[C@@H](N)C1(CCNCC1)C2. The summed E-state index contributed by atoms with van der Waals surface area (Å²) in [4.78, 5) is 0. The van der Waals surface area contributed by atoms with Gasteiger partial charge in [-0.05, 0) is 61.0 Å². The van der Waals surface area contributed by atoms with Crippen LogP contribution in [0.25, 0.3) is 0 Å². The van der Waals surface area contributed by atoms with Crippen molar-refractivity contribution in [1.29, 1.82) is 0 Å². The molecule has 114 valence electrons. The third kappa shape index (κ3) is 2.31. The van der Waals surface area contributed by atoms with Gasteiger partial charge in [-0.25, -0.2) is 4.39 Å². The topological polar surface area (TPSA) is 55.1 Å². The number of halogens is 1. The van der Waals surface area contributed by atoms with E-state index in [1.54, 1.807) is 6.07 Å². The fraction of sp³-hybridized carbons (Fsp3) is 0.625. The molecule has 0 unspecified atom stereocenters. The zero-order chi connectivity index (χ0) is 15.3. The van der Waals surface area contributed by atoms with Gasteiger partial charge in [-0.3, -0.25) is 0 Å². The van der Waals surface area contributed by atoms with Crippen molar-refractivity contribution in [3.63, 3.8) is 0 Å². The van der Waals surface area contributed by atoms with Crippen LogP contribution in [-0.4, -0.2) is 13.1 Å². The van der Waals surface area contributed by atoms with Crippen LogP contribution in [-0.2, 0) is 27.0 Å². The van der Waals surface area contributed by atoms with E-state index in [9.17, 15) is 8.60 Å². The van der Waals surface area contributed by atoms with Gasteiger partial charge in [0.05, 0.1) is 0 Å². The van der Waals surface area contributed by atoms with E-state index in [2.05, 4.69) is 5.32 Å². The van der Waals surface area contributed by atoms with Crippen LogP contribution in [0.3, 0.4) is 0 Å². The Hall–Kier alpha value is -0.910. The third-order valence-electron chi connectivity index (χ3n) is 5.20. The molecule has 1 aromatic rings. The summed E-state index contributed by atoms with van der Waals surface area (Å²) in [6.45, 7) is 5.61. The lowest BCUT2D eigenvalue weighted by molar-refractivity contribution is 0.173. The molecular weight excluding hydrogens is 287 g/mol. The van der Waals surface area contributed by atoms with E-state index in [4.69, 9.17) is 5.73 Å². The molecule has 3 rings (SSSR count). The molecule has 1 aromatic carbocycles. The summed E-state index contributed by atoms with van der Waals surface area (Å²) in [5, 5.41) is 3.37. The Balaban J connectivity index is 2.12. The third-order valence-corrected chi connectivity index (χ3v) is 5.84. The fourth-order valence-corrected chi connectivity index (χ4v) is 4.20. The largest absolute Gasteiger partial charge is 0.469 e. The van der Waals surface area contributed by atoms with Gasteiger partial charge in [0.1, 0.15) is 5.82 Å². The van der Waals surface area contributed by atoms with Crippen molar-refractivity contribution in [2.24, 2.45) is 11.1 Å². The number of hydrogen-bond acceptors (Lipinski definition) is 3. The average Bonchev–Trinajstić information content (AvgIpc) is 2.71. The van der Waals surface area contributed by atoms with Crippen molar-refractivity contribution < 1.29 is 8.60 Å². The molecule has 1 atom stereocenters. The molecule has 0 aromatic heterocycles. The predicted molar refractivity (Wildman–Crippen MR) is 82.6 cm³/mol. The van der Waals surface area contributed by atoms with Crippen LogP contribution in [0.1, 0.15) is 49.4 Å². The van der Waals surface area contributed by atoms with Crippen LogP contribution >= 0.6 is 0 Å². The van der Waals surface area contributed by atoms with Gasteiger partial charge in [-0.1, -0.05) is 0 Å². The first-order valence-corrected chi connectivity index (χ1v) is 8.24. The van der Waals surface area contributed by atoms with Gasteiger partial charge in [-0.15, -0.1) is 0 Å². The van der Waals surface area contributed by atoms with Crippen LogP contribution in [0.15, 0.2) is 12.1 Å². The van der Waals surface area contributed by atoms with E-state index < -0.39 is 4.75 Å². The summed E-state index contributed by atoms with van der Waals surface area (Å²) < 4.78 is 24.8. The second kappa shape index (κ2) is 5.07. The Bertz CT molecular complexity index is 582. The highest BCUT2D eigenvalue weighted by atomic mass is 32.1. The van der Waals surface area contributed by atoms with Crippen LogP contribution in [0, 0.1) is 11.2 Å². The zero-order valence-corrected chi connectivity index (χ0v) is 13.4. The van der Waals surface area contributed by atoms with Crippen molar-refractivity contribution >= 4 is 11.7 Å². The molecular formula is C16H22FN2OS+. The maximum Gasteiger partial charge on any atom is 0.469 e. The first-order chi connectivity index (χ1) is 9.89. The number of hydrogen-bond donors (Lipinski definition) is 2. The van der Waals surface area contributed by atoms with Gasteiger partial charge in [0.2, 0.25) is 0 Å². The number of nitrogens with two attached hydrogens (primary N) is 1. The smallest absolute Gasteiger partial charge is 0.323 e. The van der Waals surface area contributed by atoms with Crippen LogP contribution < -0.4 is 11.1 Å². The van der Waals surface area contributed by atoms with Crippen molar-refractivity contribution in [3.8, 4) is 0 Å². The Kier molecular flexibility index (Phi) is 3.62.